The molecule has 27 heavy (non-hydrogen) atoms. The summed E-state index contributed by atoms with van der Waals surface area (Å²) in [5.41, 5.74) is 2.05. The number of rotatable bonds is 4. The molecule has 3 fully saturated rings. The average molecular weight is 367 g/mol. The van der Waals surface area contributed by atoms with Gasteiger partial charge in [-0.25, -0.2) is 4.98 Å². The minimum absolute atomic E-state index is 0.0504. The number of pyridine rings is 1. The normalized spacial score (nSPS) is 22.1. The van der Waals surface area contributed by atoms with Crippen LogP contribution in [0.5, 0.6) is 0 Å². The maximum atomic E-state index is 12.9. The van der Waals surface area contributed by atoms with Gasteiger partial charge < -0.3 is 14.3 Å². The molecule has 7 nitrogen and oxygen atoms in total. The van der Waals surface area contributed by atoms with E-state index < -0.39 is 0 Å². The fourth-order valence-electron chi connectivity index (χ4n) is 3.86. The van der Waals surface area contributed by atoms with Crippen LogP contribution in [0.25, 0.3) is 11.5 Å². The minimum Gasteiger partial charge on any atom is -0.354 e. The molecule has 0 radical (unpaired) electrons. The zero-order valence-electron chi connectivity index (χ0n) is 16.1. The summed E-state index contributed by atoms with van der Waals surface area (Å²) in [6, 6.07) is 4.17. The Morgan fingerprint density at radius 2 is 2.15 bits per heavy atom. The molecular formula is C20H25N5O2. The van der Waals surface area contributed by atoms with Crippen molar-refractivity contribution < 1.29 is 9.32 Å². The lowest BCUT2D eigenvalue weighted by Gasteiger charge is -2.35. The van der Waals surface area contributed by atoms with E-state index in [1.807, 2.05) is 12.1 Å². The van der Waals surface area contributed by atoms with E-state index in [0.717, 1.165) is 37.3 Å². The monoisotopic (exact) mass is 367 g/mol. The number of hydrogen-bond donors (Lipinski definition) is 0. The lowest BCUT2D eigenvalue weighted by atomic mass is 9.94. The van der Waals surface area contributed by atoms with Gasteiger partial charge in [-0.05, 0) is 45.7 Å². The van der Waals surface area contributed by atoms with Gasteiger partial charge in [0.15, 0.2) is 5.82 Å². The van der Waals surface area contributed by atoms with Gasteiger partial charge in [-0.1, -0.05) is 16.8 Å². The van der Waals surface area contributed by atoms with Gasteiger partial charge in [0.05, 0.1) is 11.5 Å². The molecule has 2 bridgehead atoms. The standard InChI is InChI=1S/C20H25N5O2/c1-13(2)8-9-25-17-6-4-16(20(25)26)11-24(12-17)18-7-5-15(10-21-18)19-22-14(3)23-27-19/h5,7-8,10,16-17H,4,6,9,11-12H2,1-3H3/t16-,17+/m1/s1. The summed E-state index contributed by atoms with van der Waals surface area (Å²) >= 11 is 0. The Morgan fingerprint density at radius 1 is 1.30 bits per heavy atom. The highest BCUT2D eigenvalue weighted by molar-refractivity contribution is 5.81. The number of nitrogens with zero attached hydrogens (tertiary/aromatic N) is 5. The molecule has 0 aromatic carbocycles. The molecule has 2 aromatic rings. The molecule has 1 amide bonds. The SMILES string of the molecule is CC(C)=CCN1C(=O)[C@@H]2CC[C@H]1CN(c1ccc(-c3nc(C)no3)cn1)C2. The van der Waals surface area contributed by atoms with E-state index in [-0.39, 0.29) is 17.9 Å². The van der Waals surface area contributed by atoms with Gasteiger partial charge >= 0.3 is 0 Å². The van der Waals surface area contributed by atoms with Crippen LogP contribution in [0.4, 0.5) is 5.82 Å². The summed E-state index contributed by atoms with van der Waals surface area (Å²) in [6.45, 7) is 8.20. The van der Waals surface area contributed by atoms with Crippen molar-refractivity contribution in [1.29, 1.82) is 0 Å². The number of hydrogen-bond acceptors (Lipinski definition) is 6. The van der Waals surface area contributed by atoms with Crippen molar-refractivity contribution in [2.75, 3.05) is 24.5 Å². The van der Waals surface area contributed by atoms with E-state index >= 15 is 0 Å². The highest BCUT2D eigenvalue weighted by atomic mass is 16.5. The van der Waals surface area contributed by atoms with E-state index in [2.05, 4.69) is 44.8 Å². The number of anilines is 1. The quantitative estimate of drug-likeness (QED) is 0.774. The van der Waals surface area contributed by atoms with Crippen LogP contribution in [-0.4, -0.2) is 51.6 Å². The fourth-order valence-corrected chi connectivity index (χ4v) is 3.86. The van der Waals surface area contributed by atoms with Gasteiger partial charge in [-0.15, -0.1) is 0 Å². The molecule has 0 N–H and O–H groups in total. The van der Waals surface area contributed by atoms with Crippen molar-refractivity contribution in [3.8, 4) is 11.5 Å². The van der Waals surface area contributed by atoms with Crippen molar-refractivity contribution in [1.82, 2.24) is 20.0 Å². The van der Waals surface area contributed by atoms with E-state index in [1.165, 1.54) is 5.57 Å². The van der Waals surface area contributed by atoms with Gasteiger partial charge in [-0.3, -0.25) is 4.79 Å². The molecule has 142 valence electrons. The molecule has 5 heterocycles. The van der Waals surface area contributed by atoms with Crippen molar-refractivity contribution in [2.45, 2.75) is 39.7 Å². The summed E-state index contributed by atoms with van der Waals surface area (Å²) in [4.78, 5) is 26.0. The molecule has 0 aliphatic carbocycles. The molecular weight excluding hydrogens is 342 g/mol. The third-order valence-corrected chi connectivity index (χ3v) is 5.34. The van der Waals surface area contributed by atoms with Crippen LogP contribution >= 0.6 is 0 Å². The van der Waals surface area contributed by atoms with Crippen molar-refractivity contribution in [3.05, 3.63) is 35.8 Å². The largest absolute Gasteiger partial charge is 0.354 e. The van der Waals surface area contributed by atoms with Crippen LogP contribution in [-0.2, 0) is 4.79 Å². The number of aryl methyl sites for hydroxylation is 1. The molecule has 3 aliphatic heterocycles. The molecule has 0 saturated carbocycles. The molecule has 2 aromatic heterocycles. The summed E-state index contributed by atoms with van der Waals surface area (Å²) < 4.78 is 5.20. The zero-order valence-corrected chi connectivity index (χ0v) is 16.1. The summed E-state index contributed by atoms with van der Waals surface area (Å²) in [6.07, 6.45) is 5.92. The second kappa shape index (κ2) is 7.13. The van der Waals surface area contributed by atoms with Gasteiger partial charge in [0.2, 0.25) is 5.91 Å². The smallest absolute Gasteiger partial charge is 0.259 e. The average Bonchev–Trinajstić information content (AvgIpc) is 2.91. The Labute approximate surface area is 159 Å². The van der Waals surface area contributed by atoms with E-state index in [4.69, 9.17) is 4.52 Å². The zero-order chi connectivity index (χ0) is 19.0. The third kappa shape index (κ3) is 3.59. The van der Waals surface area contributed by atoms with E-state index in [9.17, 15) is 4.79 Å². The maximum absolute atomic E-state index is 12.9. The molecule has 7 heteroatoms. The van der Waals surface area contributed by atoms with Gasteiger partial charge in [-0.2, -0.15) is 4.98 Å². The Balaban J connectivity index is 1.53. The predicted octanol–water partition coefficient (Wildman–Crippen LogP) is 2.83. The highest BCUT2D eigenvalue weighted by Crippen LogP contribution is 2.31. The minimum atomic E-state index is 0.0504. The molecule has 3 saturated heterocycles. The van der Waals surface area contributed by atoms with Crippen molar-refractivity contribution >= 4 is 11.7 Å². The lowest BCUT2D eigenvalue weighted by molar-refractivity contribution is -0.139. The Hall–Kier alpha value is -2.70. The van der Waals surface area contributed by atoms with Crippen LogP contribution in [0.1, 0.15) is 32.5 Å². The van der Waals surface area contributed by atoms with Crippen LogP contribution in [0.15, 0.2) is 34.5 Å². The molecule has 0 spiro atoms. The summed E-state index contributed by atoms with van der Waals surface area (Å²) in [5, 5.41) is 3.82. The van der Waals surface area contributed by atoms with Crippen molar-refractivity contribution in [3.63, 3.8) is 0 Å². The first-order valence-corrected chi connectivity index (χ1v) is 9.47. The van der Waals surface area contributed by atoms with Crippen molar-refractivity contribution in [2.24, 2.45) is 5.92 Å². The second-order valence-electron chi connectivity index (χ2n) is 7.66. The predicted molar refractivity (Wildman–Crippen MR) is 102 cm³/mol. The number of carbonyl (C=O) groups excluding carboxylic acids is 1. The first kappa shape index (κ1) is 17.7. The number of carbonyl (C=O) groups is 1. The maximum Gasteiger partial charge on any atom is 0.259 e. The van der Waals surface area contributed by atoms with E-state index in [0.29, 0.717) is 18.3 Å². The van der Waals surface area contributed by atoms with E-state index in [1.54, 1.807) is 13.1 Å². The molecule has 5 rings (SSSR count). The first-order valence-electron chi connectivity index (χ1n) is 9.47. The van der Waals surface area contributed by atoms with Crippen LogP contribution in [0.3, 0.4) is 0 Å². The van der Waals surface area contributed by atoms with Gasteiger partial charge in [0, 0.05) is 31.9 Å². The fraction of sp³-hybridized carbons (Fsp3) is 0.500. The molecule has 3 aliphatic rings. The topological polar surface area (TPSA) is 75.4 Å². The first-order chi connectivity index (χ1) is 13.0. The van der Waals surface area contributed by atoms with Gasteiger partial charge in [0.1, 0.15) is 5.82 Å². The Kier molecular flexibility index (Phi) is 4.68. The number of fused-ring (bicyclic) bond motifs is 4. The van der Waals surface area contributed by atoms with Crippen LogP contribution < -0.4 is 4.90 Å². The number of amides is 1. The van der Waals surface area contributed by atoms with Crippen LogP contribution in [0.2, 0.25) is 0 Å². The number of aromatic nitrogens is 3. The number of allylic oxidation sites excluding steroid dienone is 1. The third-order valence-electron chi connectivity index (χ3n) is 5.34. The molecule has 0 unspecified atom stereocenters. The summed E-state index contributed by atoms with van der Waals surface area (Å²) in [7, 11) is 0. The lowest BCUT2D eigenvalue weighted by Crippen LogP contribution is -2.47. The highest BCUT2D eigenvalue weighted by Gasteiger charge is 2.40. The summed E-state index contributed by atoms with van der Waals surface area (Å²) in [5.74, 6) is 2.31. The number of piperidine rings is 1. The van der Waals surface area contributed by atoms with Crippen LogP contribution in [0, 0.1) is 12.8 Å². The van der Waals surface area contributed by atoms with Gasteiger partial charge in [0.25, 0.3) is 5.89 Å². The molecule has 2 atom stereocenters. The second-order valence-corrected chi connectivity index (χ2v) is 7.66. The Morgan fingerprint density at radius 3 is 2.81 bits per heavy atom. The Bertz CT molecular complexity index is 854.